The van der Waals surface area contributed by atoms with Crippen molar-refractivity contribution >= 4 is 28.5 Å². The van der Waals surface area contributed by atoms with Gasteiger partial charge in [-0.2, -0.15) is 0 Å². The van der Waals surface area contributed by atoms with Crippen LogP contribution in [0.25, 0.3) is 10.9 Å². The first kappa shape index (κ1) is 32.7. The third-order valence-corrected chi connectivity index (χ3v) is 4.87. The number of carbonyl (C=O) groups excluding carboxylic acids is 2. The molecule has 0 saturated carbocycles. The van der Waals surface area contributed by atoms with Crippen molar-refractivity contribution in [2.45, 2.75) is 53.9 Å². The van der Waals surface area contributed by atoms with E-state index in [9.17, 15) is 22.8 Å². The molecule has 0 aliphatic rings. The average Bonchev–Trinajstić information content (AvgIpc) is 3.13. The number of benzene rings is 1. The number of aromatic nitrogens is 1. The molecule has 1 N–H and O–H groups in total. The highest BCUT2D eigenvalue weighted by Gasteiger charge is 2.17. The van der Waals surface area contributed by atoms with Crippen LogP contribution in [-0.4, -0.2) is 36.7 Å². The van der Waals surface area contributed by atoms with Gasteiger partial charge in [0, 0.05) is 35.6 Å². The van der Waals surface area contributed by atoms with E-state index in [1.165, 1.54) is 12.2 Å². The molecule has 1 amide bonds. The number of hydrogen-bond acceptors (Lipinski definition) is 3. The number of esters is 1. The van der Waals surface area contributed by atoms with Gasteiger partial charge in [-0.25, -0.2) is 13.6 Å². The number of nitrogens with zero attached hydrogens (tertiary/aromatic N) is 1. The molecule has 2 aromatic rings. The molecule has 0 atom stereocenters. The highest BCUT2D eigenvalue weighted by Crippen LogP contribution is 2.25. The van der Waals surface area contributed by atoms with E-state index < -0.39 is 6.43 Å². The maximum Gasteiger partial charge on any atom is 0.354 e. The minimum absolute atomic E-state index is 0.0116. The highest BCUT2D eigenvalue weighted by molar-refractivity contribution is 5.98. The number of hydrogen-bond donors (Lipinski definition) is 1. The number of nitrogens with one attached hydrogen (secondary N) is 1. The summed E-state index contributed by atoms with van der Waals surface area (Å²) in [5.41, 5.74) is 2.55. The monoisotopic (exact) mass is 508 g/mol. The fourth-order valence-corrected chi connectivity index (χ4v) is 3.19. The van der Waals surface area contributed by atoms with Crippen LogP contribution in [0.4, 0.5) is 18.9 Å². The summed E-state index contributed by atoms with van der Waals surface area (Å²) < 4.78 is 40.7. The fourth-order valence-electron chi connectivity index (χ4n) is 3.19. The number of allylic oxidation sites excluding steroid dienone is 4. The lowest BCUT2D eigenvalue weighted by Crippen LogP contribution is -2.19. The SMILES string of the molecule is C=C/C=C(\C(=C)CC)C(F)F.CCOC(=O)c1cc2cc(NC(=O)CC(C)(C)C)ccc2n1C.CF. The van der Waals surface area contributed by atoms with Crippen molar-refractivity contribution in [1.82, 2.24) is 4.57 Å². The minimum atomic E-state index is -2.44. The van der Waals surface area contributed by atoms with Gasteiger partial charge in [-0.05, 0) is 48.6 Å². The molecule has 0 saturated heterocycles. The van der Waals surface area contributed by atoms with Crippen molar-refractivity contribution in [2.75, 3.05) is 19.1 Å². The van der Waals surface area contributed by atoms with Crippen LogP contribution in [0.15, 0.2) is 60.7 Å². The summed E-state index contributed by atoms with van der Waals surface area (Å²) in [6, 6.07) is 7.40. The van der Waals surface area contributed by atoms with E-state index in [2.05, 4.69) is 18.5 Å². The van der Waals surface area contributed by atoms with Crippen LogP contribution in [0.1, 0.15) is 57.9 Å². The molecule has 0 aliphatic carbocycles. The zero-order chi connectivity index (χ0) is 28.1. The largest absolute Gasteiger partial charge is 0.461 e. The molecule has 1 aromatic carbocycles. The molecular formula is C28H39F3N2O3. The zero-order valence-corrected chi connectivity index (χ0v) is 22.4. The number of anilines is 1. The number of rotatable bonds is 8. The van der Waals surface area contributed by atoms with Crippen LogP contribution in [-0.2, 0) is 16.6 Å². The molecule has 0 fully saturated rings. The molecule has 2 rings (SSSR count). The number of fused-ring (bicyclic) bond motifs is 1. The first-order valence-corrected chi connectivity index (χ1v) is 11.6. The Balaban J connectivity index is 0.000000796. The maximum absolute atomic E-state index is 12.1. The minimum Gasteiger partial charge on any atom is -0.461 e. The van der Waals surface area contributed by atoms with Gasteiger partial charge in [0.05, 0.1) is 13.8 Å². The maximum atomic E-state index is 12.1. The lowest BCUT2D eigenvalue weighted by Gasteiger charge is -2.17. The average molecular weight is 509 g/mol. The van der Waals surface area contributed by atoms with Crippen LogP contribution < -0.4 is 5.32 Å². The third kappa shape index (κ3) is 10.5. The standard InChI is InChI=1S/C18H24N2O3.C9H12F2.CH3F/c1-6-23-17(22)15-10-12-9-13(7-8-14(12)20(15)5)19-16(21)11-18(2,3)4;1-4-6-8(9(10)11)7(3)5-2;1-2/h7-10H,6,11H2,1-5H3,(H,19,21);4,6,9H,1,3,5H2,2H3;1H3/b;8-6+;. The summed E-state index contributed by atoms with van der Waals surface area (Å²) in [6.45, 7) is 16.9. The molecule has 1 heterocycles. The Kier molecular flexibility index (Phi) is 14.2. The van der Waals surface area contributed by atoms with Crippen LogP contribution in [0, 0.1) is 5.41 Å². The molecule has 0 unspecified atom stereocenters. The number of aryl methyl sites for hydroxylation is 1. The number of ether oxygens (including phenoxy) is 1. The molecule has 0 aliphatic heterocycles. The number of carbonyl (C=O) groups is 2. The molecule has 200 valence electrons. The third-order valence-electron chi connectivity index (χ3n) is 4.87. The van der Waals surface area contributed by atoms with Crippen LogP contribution in [0.2, 0.25) is 0 Å². The lowest BCUT2D eigenvalue weighted by molar-refractivity contribution is -0.117. The second-order valence-corrected chi connectivity index (χ2v) is 8.98. The summed E-state index contributed by atoms with van der Waals surface area (Å²) in [5, 5.41) is 3.80. The molecule has 0 radical (unpaired) electrons. The Bertz CT molecular complexity index is 1060. The van der Waals surface area contributed by atoms with E-state index in [1.54, 1.807) is 24.5 Å². The van der Waals surface area contributed by atoms with Crippen molar-refractivity contribution in [3.63, 3.8) is 0 Å². The van der Waals surface area contributed by atoms with Gasteiger partial charge >= 0.3 is 5.97 Å². The zero-order valence-electron chi connectivity index (χ0n) is 22.4. The summed E-state index contributed by atoms with van der Waals surface area (Å²) in [5.74, 6) is -0.358. The Morgan fingerprint density at radius 1 is 1.17 bits per heavy atom. The van der Waals surface area contributed by atoms with Crippen molar-refractivity contribution in [3.8, 4) is 0 Å². The summed E-state index contributed by atoms with van der Waals surface area (Å²) >= 11 is 0. The second kappa shape index (κ2) is 15.7. The van der Waals surface area contributed by atoms with Gasteiger partial charge in [-0.15, -0.1) is 0 Å². The van der Waals surface area contributed by atoms with E-state index in [1.807, 2.05) is 46.0 Å². The molecule has 1 aromatic heterocycles. The van der Waals surface area contributed by atoms with E-state index in [-0.39, 0.29) is 22.9 Å². The first-order valence-electron chi connectivity index (χ1n) is 11.6. The molecular weight excluding hydrogens is 469 g/mol. The van der Waals surface area contributed by atoms with Crippen molar-refractivity contribution < 1.29 is 27.5 Å². The molecule has 8 heteroatoms. The number of alkyl halides is 3. The normalized spacial score (nSPS) is 11.1. The van der Waals surface area contributed by atoms with Gasteiger partial charge in [-0.1, -0.05) is 53.0 Å². The number of amides is 1. The van der Waals surface area contributed by atoms with Gasteiger partial charge in [-0.3, -0.25) is 9.18 Å². The van der Waals surface area contributed by atoms with Crippen LogP contribution >= 0.6 is 0 Å². The quantitative estimate of drug-likeness (QED) is 0.294. The number of halogens is 3. The Morgan fingerprint density at radius 3 is 2.25 bits per heavy atom. The van der Waals surface area contributed by atoms with Crippen molar-refractivity contribution in [2.24, 2.45) is 12.5 Å². The van der Waals surface area contributed by atoms with Crippen LogP contribution in [0.5, 0.6) is 0 Å². The Labute approximate surface area is 212 Å². The lowest BCUT2D eigenvalue weighted by atomic mass is 9.92. The van der Waals surface area contributed by atoms with E-state index in [0.717, 1.165) is 16.6 Å². The van der Waals surface area contributed by atoms with Crippen LogP contribution in [0.3, 0.4) is 0 Å². The van der Waals surface area contributed by atoms with Gasteiger partial charge in [0.25, 0.3) is 6.43 Å². The van der Waals surface area contributed by atoms with Crippen molar-refractivity contribution in [1.29, 1.82) is 0 Å². The summed E-state index contributed by atoms with van der Waals surface area (Å²) in [7, 11) is 2.33. The fraction of sp³-hybridized carbons (Fsp3) is 0.429. The smallest absolute Gasteiger partial charge is 0.354 e. The van der Waals surface area contributed by atoms with Gasteiger partial charge in [0.15, 0.2) is 0 Å². The molecule has 0 bridgehead atoms. The summed E-state index contributed by atoms with van der Waals surface area (Å²) in [4.78, 5) is 24.0. The molecule has 5 nitrogen and oxygen atoms in total. The van der Waals surface area contributed by atoms with Gasteiger partial charge in [0.1, 0.15) is 5.69 Å². The predicted octanol–water partition coefficient (Wildman–Crippen LogP) is 7.65. The van der Waals surface area contributed by atoms with E-state index in [0.29, 0.717) is 37.9 Å². The van der Waals surface area contributed by atoms with Gasteiger partial charge in [0.2, 0.25) is 5.91 Å². The Morgan fingerprint density at radius 2 is 1.78 bits per heavy atom. The first-order chi connectivity index (χ1) is 16.8. The predicted molar refractivity (Wildman–Crippen MR) is 142 cm³/mol. The Hall–Kier alpha value is -3.29. The highest BCUT2D eigenvalue weighted by atomic mass is 19.3. The van der Waals surface area contributed by atoms with Gasteiger partial charge < -0.3 is 14.6 Å². The summed E-state index contributed by atoms with van der Waals surface area (Å²) in [6.07, 6.45) is 1.21. The second-order valence-electron chi connectivity index (χ2n) is 8.98. The van der Waals surface area contributed by atoms with Crippen molar-refractivity contribution in [3.05, 3.63) is 66.4 Å². The molecule has 36 heavy (non-hydrogen) atoms. The molecule has 0 spiro atoms. The topological polar surface area (TPSA) is 60.3 Å². The van der Waals surface area contributed by atoms with E-state index >= 15 is 0 Å². The van der Waals surface area contributed by atoms with E-state index in [4.69, 9.17) is 4.74 Å².